The van der Waals surface area contributed by atoms with Gasteiger partial charge in [0.05, 0.1) is 18.5 Å². The molecule has 7 nitrogen and oxygen atoms in total. The first-order valence-electron chi connectivity index (χ1n) is 4.72. The van der Waals surface area contributed by atoms with Gasteiger partial charge in [0, 0.05) is 6.42 Å². The fourth-order valence-electron chi connectivity index (χ4n) is 1.14. The molecular weight excluding hydrogens is 214 g/mol. The summed E-state index contributed by atoms with van der Waals surface area (Å²) in [5.41, 5.74) is 0. The van der Waals surface area contributed by atoms with Gasteiger partial charge in [0.25, 0.3) is 0 Å². The van der Waals surface area contributed by atoms with Crippen molar-refractivity contribution in [3.05, 3.63) is 0 Å². The molecule has 0 aromatic heterocycles. The zero-order valence-electron chi connectivity index (χ0n) is 8.73. The highest BCUT2D eigenvalue weighted by Crippen LogP contribution is 2.04. The molecule has 1 saturated heterocycles. The quantitative estimate of drug-likeness (QED) is 0.724. The lowest BCUT2D eigenvalue weighted by molar-refractivity contribution is -0.120. The van der Waals surface area contributed by atoms with Crippen LogP contribution in [0.2, 0.25) is 0 Å². The van der Waals surface area contributed by atoms with Crippen LogP contribution in [0.15, 0.2) is 0 Å². The van der Waals surface area contributed by atoms with Crippen LogP contribution in [-0.4, -0.2) is 36.1 Å². The molecule has 16 heavy (non-hydrogen) atoms. The van der Waals surface area contributed by atoms with Gasteiger partial charge in [-0.2, -0.15) is 5.26 Å². The maximum Gasteiger partial charge on any atom is 0.418 e. The van der Waals surface area contributed by atoms with E-state index in [9.17, 15) is 14.4 Å². The lowest BCUT2D eigenvalue weighted by Gasteiger charge is -2.11. The van der Waals surface area contributed by atoms with E-state index >= 15 is 0 Å². The molecule has 0 aromatic rings. The van der Waals surface area contributed by atoms with Gasteiger partial charge in [0.2, 0.25) is 5.91 Å². The minimum atomic E-state index is -0.808. The molecule has 1 unspecified atom stereocenters. The van der Waals surface area contributed by atoms with Crippen LogP contribution in [0, 0.1) is 17.2 Å². The van der Waals surface area contributed by atoms with E-state index in [1.165, 1.54) is 0 Å². The molecule has 1 N–H and O–H groups in total. The number of ether oxygens (including phenoxy) is 1. The number of rotatable bonds is 2. The van der Waals surface area contributed by atoms with Crippen molar-refractivity contribution in [1.82, 2.24) is 10.2 Å². The number of carbonyl (C=O) groups excluding carboxylic acids is 3. The van der Waals surface area contributed by atoms with E-state index in [1.54, 1.807) is 6.92 Å². The smallest absolute Gasteiger partial charge is 0.418 e. The minimum absolute atomic E-state index is 0.0782. The largest absolute Gasteiger partial charge is 0.447 e. The number of imide groups is 2. The molecule has 1 aliphatic heterocycles. The molecule has 1 fully saturated rings. The van der Waals surface area contributed by atoms with E-state index in [4.69, 9.17) is 5.26 Å². The van der Waals surface area contributed by atoms with Gasteiger partial charge in [-0.05, 0) is 6.92 Å². The normalized spacial score (nSPS) is 16.2. The number of nitriles is 1. The monoisotopic (exact) mass is 225 g/mol. The first-order chi connectivity index (χ1) is 7.54. The molecule has 1 heterocycles. The summed E-state index contributed by atoms with van der Waals surface area (Å²) in [4.78, 5) is 34.3. The lowest BCUT2D eigenvalue weighted by atomic mass is 10.1. The van der Waals surface area contributed by atoms with E-state index in [0.29, 0.717) is 0 Å². The minimum Gasteiger partial charge on any atom is -0.447 e. The van der Waals surface area contributed by atoms with Crippen LogP contribution in [0.25, 0.3) is 0 Å². The van der Waals surface area contributed by atoms with Gasteiger partial charge in [-0.15, -0.1) is 0 Å². The van der Waals surface area contributed by atoms with E-state index < -0.39 is 23.9 Å². The van der Waals surface area contributed by atoms with Crippen molar-refractivity contribution in [2.24, 2.45) is 5.92 Å². The molecule has 0 bridgehead atoms. The molecule has 4 amide bonds. The summed E-state index contributed by atoms with van der Waals surface area (Å²) in [7, 11) is 0. The molecule has 7 heteroatoms. The number of nitrogens with one attached hydrogen (secondary N) is 1. The third kappa shape index (κ3) is 2.95. The standard InChI is InChI=1S/C9H11N3O4/c1-6(5-10)4-7(13)11-8(14)12-2-3-16-9(12)15/h6H,2-4H2,1H3,(H,11,13,14). The van der Waals surface area contributed by atoms with Crippen LogP contribution in [0.4, 0.5) is 9.59 Å². The Hall–Kier alpha value is -2.10. The molecular formula is C9H11N3O4. The summed E-state index contributed by atoms with van der Waals surface area (Å²) < 4.78 is 4.53. The Balaban J connectivity index is 2.43. The number of urea groups is 1. The predicted octanol–water partition coefficient (Wildman–Crippen LogP) is 0.225. The molecule has 86 valence electrons. The summed E-state index contributed by atoms with van der Waals surface area (Å²) in [6.07, 6.45) is -0.843. The summed E-state index contributed by atoms with van der Waals surface area (Å²) in [6, 6.07) is 1.06. The first-order valence-corrected chi connectivity index (χ1v) is 4.72. The SMILES string of the molecule is CC(C#N)CC(=O)NC(=O)N1CCOC1=O. The Morgan fingerprint density at radius 3 is 2.88 bits per heavy atom. The van der Waals surface area contributed by atoms with Gasteiger partial charge in [0.15, 0.2) is 0 Å². The van der Waals surface area contributed by atoms with Gasteiger partial charge >= 0.3 is 12.1 Å². The Labute approximate surface area is 92.0 Å². The zero-order valence-corrected chi connectivity index (χ0v) is 8.73. The van der Waals surface area contributed by atoms with Crippen LogP contribution in [0.3, 0.4) is 0 Å². The number of amides is 4. The molecule has 1 rings (SSSR count). The van der Waals surface area contributed by atoms with Crippen LogP contribution in [0.5, 0.6) is 0 Å². The number of hydrogen-bond donors (Lipinski definition) is 1. The Kier molecular flexibility index (Phi) is 3.83. The van der Waals surface area contributed by atoms with Crippen molar-refractivity contribution in [2.45, 2.75) is 13.3 Å². The molecule has 0 spiro atoms. The van der Waals surface area contributed by atoms with Crippen molar-refractivity contribution in [1.29, 1.82) is 5.26 Å². The summed E-state index contributed by atoms with van der Waals surface area (Å²) in [6.45, 7) is 1.83. The maximum atomic E-state index is 11.3. The summed E-state index contributed by atoms with van der Waals surface area (Å²) in [5.74, 6) is -1.06. The van der Waals surface area contributed by atoms with E-state index in [1.807, 2.05) is 11.4 Å². The van der Waals surface area contributed by atoms with Gasteiger partial charge in [-0.1, -0.05) is 0 Å². The average Bonchev–Trinajstić information content (AvgIpc) is 2.63. The predicted molar refractivity (Wildman–Crippen MR) is 51.0 cm³/mol. The van der Waals surface area contributed by atoms with E-state index in [-0.39, 0.29) is 19.6 Å². The van der Waals surface area contributed by atoms with Gasteiger partial charge in [-0.25, -0.2) is 14.5 Å². The molecule has 0 radical (unpaired) electrons. The second-order valence-electron chi connectivity index (χ2n) is 3.35. The average molecular weight is 225 g/mol. The number of cyclic esters (lactones) is 1. The Morgan fingerprint density at radius 1 is 1.69 bits per heavy atom. The topological polar surface area (TPSA) is 99.5 Å². The van der Waals surface area contributed by atoms with E-state index in [0.717, 1.165) is 4.90 Å². The third-order valence-electron chi connectivity index (χ3n) is 1.96. The first kappa shape index (κ1) is 12.0. The molecule has 1 aliphatic rings. The van der Waals surface area contributed by atoms with Crippen LogP contribution < -0.4 is 5.32 Å². The fourth-order valence-corrected chi connectivity index (χ4v) is 1.14. The van der Waals surface area contributed by atoms with Crippen molar-refractivity contribution in [2.75, 3.05) is 13.2 Å². The van der Waals surface area contributed by atoms with Gasteiger partial charge < -0.3 is 4.74 Å². The third-order valence-corrected chi connectivity index (χ3v) is 1.96. The Bertz CT molecular complexity index is 360. The highest BCUT2D eigenvalue weighted by atomic mass is 16.6. The van der Waals surface area contributed by atoms with E-state index in [2.05, 4.69) is 4.74 Å². The highest BCUT2D eigenvalue weighted by Gasteiger charge is 2.29. The van der Waals surface area contributed by atoms with Crippen LogP contribution in [-0.2, 0) is 9.53 Å². The van der Waals surface area contributed by atoms with Crippen LogP contribution in [0.1, 0.15) is 13.3 Å². The molecule has 0 saturated carbocycles. The van der Waals surface area contributed by atoms with Crippen molar-refractivity contribution < 1.29 is 19.1 Å². The maximum absolute atomic E-state index is 11.3. The fraction of sp³-hybridized carbons (Fsp3) is 0.556. The highest BCUT2D eigenvalue weighted by molar-refractivity contribution is 6.01. The number of nitrogens with zero attached hydrogens (tertiary/aromatic N) is 2. The summed E-state index contributed by atoms with van der Waals surface area (Å²) in [5, 5.41) is 10.5. The molecule has 0 aliphatic carbocycles. The Morgan fingerprint density at radius 2 is 2.38 bits per heavy atom. The molecule has 0 aromatic carbocycles. The summed E-state index contributed by atoms with van der Waals surface area (Å²) >= 11 is 0. The van der Waals surface area contributed by atoms with Crippen molar-refractivity contribution >= 4 is 18.0 Å². The number of hydrogen-bond acceptors (Lipinski definition) is 5. The van der Waals surface area contributed by atoms with Gasteiger partial charge in [0.1, 0.15) is 6.61 Å². The zero-order chi connectivity index (χ0) is 12.1. The second-order valence-corrected chi connectivity index (χ2v) is 3.35. The number of carbonyl (C=O) groups is 3. The van der Waals surface area contributed by atoms with Crippen molar-refractivity contribution in [3.63, 3.8) is 0 Å². The molecule has 1 atom stereocenters. The second kappa shape index (κ2) is 5.11. The van der Waals surface area contributed by atoms with Crippen molar-refractivity contribution in [3.8, 4) is 6.07 Å². The lowest BCUT2D eigenvalue weighted by Crippen LogP contribution is -2.43. The van der Waals surface area contributed by atoms with Crippen LogP contribution >= 0.6 is 0 Å². The van der Waals surface area contributed by atoms with Gasteiger partial charge in [-0.3, -0.25) is 10.1 Å².